The number of nitrogens with zero attached hydrogens (tertiary/aromatic N) is 3. The normalized spacial score (nSPS) is 20.1. The molecule has 0 radical (unpaired) electrons. The molecule has 1 atom stereocenters. The van der Waals surface area contributed by atoms with Gasteiger partial charge < -0.3 is 15.8 Å². The van der Waals surface area contributed by atoms with Gasteiger partial charge >= 0.3 is 0 Å². The summed E-state index contributed by atoms with van der Waals surface area (Å²) >= 11 is 0. The number of rotatable bonds is 7. The molecule has 3 heterocycles. The smallest absolute Gasteiger partial charge is 0.232 e. The second-order valence-electron chi connectivity index (χ2n) is 6.26. The van der Waals surface area contributed by atoms with Crippen molar-refractivity contribution in [3.63, 3.8) is 0 Å². The van der Waals surface area contributed by atoms with Gasteiger partial charge in [0.1, 0.15) is 11.6 Å². The Labute approximate surface area is 136 Å². The number of carbonyl (C=O) groups is 1. The summed E-state index contributed by atoms with van der Waals surface area (Å²) < 4.78 is 5.40. The molecule has 1 fully saturated rings. The summed E-state index contributed by atoms with van der Waals surface area (Å²) in [5.74, 6) is 2.20. The van der Waals surface area contributed by atoms with Crippen molar-refractivity contribution in [1.82, 2.24) is 9.97 Å². The van der Waals surface area contributed by atoms with Crippen molar-refractivity contribution in [2.45, 2.75) is 39.0 Å². The first-order chi connectivity index (χ1) is 11.2. The maximum Gasteiger partial charge on any atom is 0.232 e. The molecule has 0 aromatic carbocycles. The number of carbonyl (C=O) groups excluding carboxylic acids is 1. The first kappa shape index (κ1) is 16.0. The lowest BCUT2D eigenvalue weighted by molar-refractivity contribution is -0.117. The minimum Gasteiger partial charge on any atom is -0.383 e. The molecule has 1 aromatic rings. The maximum atomic E-state index is 12.3. The van der Waals surface area contributed by atoms with Crippen LogP contribution in [0.5, 0.6) is 0 Å². The molecule has 2 aliphatic heterocycles. The summed E-state index contributed by atoms with van der Waals surface area (Å²) in [4.78, 5) is 22.9. The summed E-state index contributed by atoms with van der Waals surface area (Å²) in [7, 11) is 0. The number of nitrogens with two attached hydrogens (primary N) is 1. The molecule has 3 rings (SSSR count). The van der Waals surface area contributed by atoms with E-state index in [4.69, 9.17) is 10.5 Å². The highest BCUT2D eigenvalue weighted by atomic mass is 16.5. The van der Waals surface area contributed by atoms with Gasteiger partial charge in [0, 0.05) is 31.9 Å². The van der Waals surface area contributed by atoms with Crippen LogP contribution in [-0.4, -0.2) is 42.2 Å². The van der Waals surface area contributed by atoms with E-state index in [0.717, 1.165) is 51.0 Å². The minimum atomic E-state index is 0.0608. The number of anilines is 3. The van der Waals surface area contributed by atoms with Gasteiger partial charge in [-0.3, -0.25) is 9.69 Å². The highest BCUT2D eigenvalue weighted by molar-refractivity contribution is 6.01. The highest BCUT2D eigenvalue weighted by Crippen LogP contribution is 2.32. The van der Waals surface area contributed by atoms with Crippen LogP contribution >= 0.6 is 0 Å². The van der Waals surface area contributed by atoms with Crippen molar-refractivity contribution in [2.24, 2.45) is 5.92 Å². The van der Waals surface area contributed by atoms with Crippen LogP contribution in [0.1, 0.15) is 38.2 Å². The fraction of sp³-hybridized carbons (Fsp3) is 0.688. The molecule has 23 heavy (non-hydrogen) atoms. The van der Waals surface area contributed by atoms with E-state index in [-0.39, 0.29) is 5.91 Å². The Balaban J connectivity index is 1.72. The van der Waals surface area contributed by atoms with E-state index >= 15 is 0 Å². The average Bonchev–Trinajstić information content (AvgIpc) is 3.14. The van der Waals surface area contributed by atoms with Gasteiger partial charge in [0.15, 0.2) is 0 Å². The van der Waals surface area contributed by atoms with E-state index in [1.54, 1.807) is 4.90 Å². The van der Waals surface area contributed by atoms with E-state index in [0.29, 0.717) is 36.5 Å². The fourth-order valence-corrected chi connectivity index (χ4v) is 3.06. The number of hydrogen-bond acceptors (Lipinski definition) is 6. The van der Waals surface area contributed by atoms with Crippen LogP contribution in [-0.2, 0) is 16.0 Å². The van der Waals surface area contributed by atoms with Crippen LogP contribution in [0.15, 0.2) is 0 Å². The Hall–Kier alpha value is -1.89. The molecule has 0 saturated carbocycles. The van der Waals surface area contributed by atoms with Crippen molar-refractivity contribution >= 4 is 23.5 Å². The Morgan fingerprint density at radius 3 is 3.04 bits per heavy atom. The van der Waals surface area contributed by atoms with Crippen molar-refractivity contribution in [1.29, 1.82) is 0 Å². The zero-order valence-electron chi connectivity index (χ0n) is 13.7. The first-order valence-electron chi connectivity index (χ1n) is 8.47. The van der Waals surface area contributed by atoms with Crippen LogP contribution in [0.25, 0.3) is 0 Å². The van der Waals surface area contributed by atoms with E-state index < -0.39 is 0 Å². The zero-order valence-corrected chi connectivity index (χ0v) is 13.7. The summed E-state index contributed by atoms with van der Waals surface area (Å²) in [6, 6.07) is 0. The zero-order chi connectivity index (χ0) is 16.2. The number of nitrogens with one attached hydrogen (secondary N) is 1. The molecule has 2 aliphatic rings. The lowest BCUT2D eigenvalue weighted by Gasteiger charge is -2.19. The van der Waals surface area contributed by atoms with Gasteiger partial charge in [0.2, 0.25) is 11.9 Å². The molecule has 0 aliphatic carbocycles. The topological polar surface area (TPSA) is 93.4 Å². The van der Waals surface area contributed by atoms with Gasteiger partial charge in [-0.1, -0.05) is 13.3 Å². The van der Waals surface area contributed by atoms with Gasteiger partial charge in [-0.05, 0) is 25.2 Å². The van der Waals surface area contributed by atoms with Crippen LogP contribution < -0.4 is 16.0 Å². The van der Waals surface area contributed by atoms with Crippen LogP contribution in [0.3, 0.4) is 0 Å². The van der Waals surface area contributed by atoms with Crippen molar-refractivity contribution in [3.8, 4) is 0 Å². The molecule has 0 unspecified atom stereocenters. The molecule has 126 valence electrons. The standard InChI is InChI=1S/C16H25N5O2/c1-2-3-6-18-16-19-14(17)12-9-13(22)21(15(12)20-16)7-4-11-5-8-23-10-11/h11H,2-10H2,1H3,(H3,17,18,19,20)/t11-/m0/s1. The van der Waals surface area contributed by atoms with Gasteiger partial charge in [0.05, 0.1) is 6.42 Å². The predicted octanol–water partition coefficient (Wildman–Crippen LogP) is 1.59. The molecule has 1 amide bonds. The molecule has 1 saturated heterocycles. The third-order valence-corrected chi connectivity index (χ3v) is 4.50. The number of hydrogen-bond donors (Lipinski definition) is 2. The average molecular weight is 319 g/mol. The predicted molar refractivity (Wildman–Crippen MR) is 89.4 cm³/mol. The van der Waals surface area contributed by atoms with E-state index in [9.17, 15) is 4.79 Å². The second kappa shape index (κ2) is 7.12. The summed E-state index contributed by atoms with van der Waals surface area (Å²) in [6.07, 6.45) is 4.46. The molecule has 7 nitrogen and oxygen atoms in total. The molecule has 0 bridgehead atoms. The summed E-state index contributed by atoms with van der Waals surface area (Å²) in [5, 5.41) is 3.19. The van der Waals surface area contributed by atoms with Gasteiger partial charge in [-0.15, -0.1) is 0 Å². The van der Waals surface area contributed by atoms with Gasteiger partial charge in [-0.25, -0.2) is 0 Å². The quantitative estimate of drug-likeness (QED) is 0.741. The van der Waals surface area contributed by atoms with Crippen LogP contribution in [0, 0.1) is 5.92 Å². The van der Waals surface area contributed by atoms with Gasteiger partial charge in [-0.2, -0.15) is 9.97 Å². The van der Waals surface area contributed by atoms with E-state index in [2.05, 4.69) is 22.2 Å². The third kappa shape index (κ3) is 3.55. The summed E-state index contributed by atoms with van der Waals surface area (Å²) in [6.45, 7) is 5.24. The Bertz CT molecular complexity index is 572. The molecular formula is C16H25N5O2. The fourth-order valence-electron chi connectivity index (χ4n) is 3.06. The third-order valence-electron chi connectivity index (χ3n) is 4.50. The molecule has 3 N–H and O–H groups in total. The summed E-state index contributed by atoms with van der Waals surface area (Å²) in [5.41, 5.74) is 6.79. The molecule has 7 heteroatoms. The monoisotopic (exact) mass is 319 g/mol. The number of ether oxygens (including phenoxy) is 1. The maximum absolute atomic E-state index is 12.3. The SMILES string of the molecule is CCCCNc1nc(N)c2c(n1)N(CC[C@H]1CCOC1)C(=O)C2. The molecule has 0 spiro atoms. The van der Waals surface area contributed by atoms with Gasteiger partial charge in [0.25, 0.3) is 0 Å². The number of aromatic nitrogens is 2. The molecule has 1 aromatic heterocycles. The Morgan fingerprint density at radius 1 is 1.43 bits per heavy atom. The Morgan fingerprint density at radius 2 is 2.30 bits per heavy atom. The van der Waals surface area contributed by atoms with Crippen molar-refractivity contribution < 1.29 is 9.53 Å². The second-order valence-corrected chi connectivity index (χ2v) is 6.26. The number of nitrogen functional groups attached to an aromatic ring is 1. The minimum absolute atomic E-state index is 0.0608. The van der Waals surface area contributed by atoms with Crippen molar-refractivity contribution in [3.05, 3.63) is 5.56 Å². The van der Waals surface area contributed by atoms with E-state index in [1.807, 2.05) is 0 Å². The largest absolute Gasteiger partial charge is 0.383 e. The Kier molecular flexibility index (Phi) is 4.95. The number of fused-ring (bicyclic) bond motifs is 1. The van der Waals surface area contributed by atoms with Crippen LogP contribution in [0.2, 0.25) is 0 Å². The highest BCUT2D eigenvalue weighted by Gasteiger charge is 2.32. The van der Waals surface area contributed by atoms with Crippen molar-refractivity contribution in [2.75, 3.05) is 42.3 Å². The lowest BCUT2D eigenvalue weighted by Crippen LogP contribution is -2.30. The number of amides is 1. The lowest BCUT2D eigenvalue weighted by atomic mass is 10.1. The van der Waals surface area contributed by atoms with E-state index in [1.165, 1.54) is 0 Å². The van der Waals surface area contributed by atoms with Crippen LogP contribution in [0.4, 0.5) is 17.6 Å². The molecular weight excluding hydrogens is 294 g/mol. The first-order valence-corrected chi connectivity index (χ1v) is 8.47. The number of unbranched alkanes of at least 4 members (excludes halogenated alkanes) is 1.